The maximum absolute atomic E-state index is 10.9. The Labute approximate surface area is 95.3 Å². The molecule has 0 saturated carbocycles. The topological polar surface area (TPSA) is 101 Å². The van der Waals surface area contributed by atoms with Gasteiger partial charge in [0.2, 0.25) is 11.8 Å². The van der Waals surface area contributed by atoms with Crippen LogP contribution in [0.25, 0.3) is 0 Å². The fourth-order valence-corrected chi connectivity index (χ4v) is 2.12. The second-order valence-electron chi connectivity index (χ2n) is 4.49. The van der Waals surface area contributed by atoms with E-state index in [1.54, 1.807) is 4.90 Å². The molecule has 92 valence electrons. The maximum Gasteiger partial charge on any atom is 0.231 e. The molecule has 0 aromatic heterocycles. The maximum atomic E-state index is 10.9. The molecule has 16 heavy (non-hydrogen) atoms. The molecule has 6 heteroatoms. The highest BCUT2D eigenvalue weighted by Crippen LogP contribution is 2.14. The Kier molecular flexibility index (Phi) is 4.70. The number of carbonyl (C=O) groups excluding carboxylic acids is 2. The fourth-order valence-electron chi connectivity index (χ4n) is 2.12. The average Bonchev–Trinajstić information content (AvgIpc) is 2.15. The SMILES string of the molecule is CC1CNCC(N(CC(N)=O)CC(N)=O)C1. The van der Waals surface area contributed by atoms with Gasteiger partial charge in [0.15, 0.2) is 0 Å². The van der Waals surface area contributed by atoms with Gasteiger partial charge in [-0.1, -0.05) is 6.92 Å². The zero-order chi connectivity index (χ0) is 12.1. The molecular weight excluding hydrogens is 208 g/mol. The molecule has 0 aromatic rings. The largest absolute Gasteiger partial charge is 0.369 e. The van der Waals surface area contributed by atoms with Gasteiger partial charge in [-0.2, -0.15) is 0 Å². The Morgan fingerprint density at radius 2 is 1.81 bits per heavy atom. The Morgan fingerprint density at radius 3 is 2.25 bits per heavy atom. The van der Waals surface area contributed by atoms with Crippen molar-refractivity contribution in [2.75, 3.05) is 26.2 Å². The van der Waals surface area contributed by atoms with Gasteiger partial charge in [0.1, 0.15) is 0 Å². The van der Waals surface area contributed by atoms with Crippen molar-refractivity contribution >= 4 is 11.8 Å². The number of piperidine rings is 1. The Morgan fingerprint density at radius 1 is 1.25 bits per heavy atom. The standard InChI is InChI=1S/C10H20N4O2/c1-7-2-8(4-13-3-7)14(5-9(11)15)6-10(12)16/h7-8,13H,2-6H2,1H3,(H2,11,15)(H2,12,16). The van der Waals surface area contributed by atoms with Gasteiger partial charge < -0.3 is 16.8 Å². The second kappa shape index (κ2) is 5.81. The van der Waals surface area contributed by atoms with Crippen molar-refractivity contribution in [1.82, 2.24) is 10.2 Å². The molecule has 1 saturated heterocycles. The minimum absolute atomic E-state index is 0.0853. The normalized spacial score (nSPS) is 25.6. The lowest BCUT2D eigenvalue weighted by atomic mass is 9.96. The van der Waals surface area contributed by atoms with Crippen LogP contribution in [0.4, 0.5) is 0 Å². The molecule has 1 rings (SSSR count). The van der Waals surface area contributed by atoms with Crippen LogP contribution in [-0.2, 0) is 9.59 Å². The summed E-state index contributed by atoms with van der Waals surface area (Å²) in [7, 11) is 0. The molecule has 1 aliphatic rings. The first-order valence-corrected chi connectivity index (χ1v) is 5.50. The van der Waals surface area contributed by atoms with Crippen LogP contribution in [0.15, 0.2) is 0 Å². The van der Waals surface area contributed by atoms with Gasteiger partial charge in [-0.25, -0.2) is 0 Å². The van der Waals surface area contributed by atoms with E-state index in [-0.39, 0.29) is 19.1 Å². The second-order valence-corrected chi connectivity index (χ2v) is 4.49. The van der Waals surface area contributed by atoms with E-state index in [9.17, 15) is 9.59 Å². The highest BCUT2D eigenvalue weighted by Gasteiger charge is 2.26. The molecule has 0 bridgehead atoms. The van der Waals surface area contributed by atoms with Crippen LogP contribution >= 0.6 is 0 Å². The highest BCUT2D eigenvalue weighted by atomic mass is 16.2. The predicted octanol–water partition coefficient (Wildman–Crippen LogP) is -1.74. The summed E-state index contributed by atoms with van der Waals surface area (Å²) in [5.74, 6) is -0.332. The number of hydrogen-bond acceptors (Lipinski definition) is 4. The third-order valence-electron chi connectivity index (χ3n) is 2.78. The van der Waals surface area contributed by atoms with Crippen LogP contribution in [-0.4, -0.2) is 48.9 Å². The fraction of sp³-hybridized carbons (Fsp3) is 0.800. The van der Waals surface area contributed by atoms with Crippen LogP contribution < -0.4 is 16.8 Å². The molecule has 1 heterocycles. The average molecular weight is 228 g/mol. The first kappa shape index (κ1) is 12.9. The van der Waals surface area contributed by atoms with Crippen molar-refractivity contribution in [2.45, 2.75) is 19.4 Å². The summed E-state index contributed by atoms with van der Waals surface area (Å²) >= 11 is 0. The first-order chi connectivity index (χ1) is 7.49. The summed E-state index contributed by atoms with van der Waals surface area (Å²) < 4.78 is 0. The van der Waals surface area contributed by atoms with Gasteiger partial charge in [-0.15, -0.1) is 0 Å². The van der Waals surface area contributed by atoms with Gasteiger partial charge in [0, 0.05) is 12.6 Å². The number of carbonyl (C=O) groups is 2. The third-order valence-corrected chi connectivity index (χ3v) is 2.78. The van der Waals surface area contributed by atoms with Crippen molar-refractivity contribution in [1.29, 1.82) is 0 Å². The zero-order valence-corrected chi connectivity index (χ0v) is 9.61. The summed E-state index contributed by atoms with van der Waals surface area (Å²) in [6.07, 6.45) is 0.952. The summed E-state index contributed by atoms with van der Waals surface area (Å²) in [6, 6.07) is 0.156. The lowest BCUT2D eigenvalue weighted by Gasteiger charge is -2.35. The first-order valence-electron chi connectivity index (χ1n) is 5.50. The Hall–Kier alpha value is -1.14. The van der Waals surface area contributed by atoms with E-state index in [1.165, 1.54) is 0 Å². The summed E-state index contributed by atoms with van der Waals surface area (Å²) in [4.78, 5) is 23.6. The van der Waals surface area contributed by atoms with Crippen LogP contribution in [0, 0.1) is 5.92 Å². The number of amides is 2. The number of rotatable bonds is 5. The van der Waals surface area contributed by atoms with Crippen LogP contribution in [0.5, 0.6) is 0 Å². The molecule has 2 unspecified atom stereocenters. The molecule has 1 aliphatic heterocycles. The minimum atomic E-state index is -0.431. The van der Waals surface area contributed by atoms with Gasteiger partial charge in [-0.05, 0) is 18.9 Å². The molecule has 2 atom stereocenters. The number of nitrogens with one attached hydrogen (secondary N) is 1. The summed E-state index contributed by atoms with van der Waals surface area (Å²) in [6.45, 7) is 4.04. The molecule has 0 aromatic carbocycles. The number of nitrogens with zero attached hydrogens (tertiary/aromatic N) is 1. The molecule has 0 spiro atoms. The zero-order valence-electron chi connectivity index (χ0n) is 9.61. The van der Waals surface area contributed by atoms with Crippen molar-refractivity contribution in [3.63, 3.8) is 0 Å². The van der Waals surface area contributed by atoms with Crippen LogP contribution in [0.1, 0.15) is 13.3 Å². The van der Waals surface area contributed by atoms with Crippen molar-refractivity contribution < 1.29 is 9.59 Å². The van der Waals surface area contributed by atoms with E-state index >= 15 is 0 Å². The van der Waals surface area contributed by atoms with Crippen molar-refractivity contribution in [2.24, 2.45) is 17.4 Å². The van der Waals surface area contributed by atoms with Gasteiger partial charge in [0.05, 0.1) is 13.1 Å². The number of hydrogen-bond donors (Lipinski definition) is 3. The Balaban J connectivity index is 2.58. The summed E-state index contributed by atoms with van der Waals surface area (Å²) in [5.41, 5.74) is 10.3. The monoisotopic (exact) mass is 228 g/mol. The lowest BCUT2D eigenvalue weighted by molar-refractivity contribution is -0.123. The summed E-state index contributed by atoms with van der Waals surface area (Å²) in [5, 5.41) is 3.27. The van der Waals surface area contributed by atoms with Gasteiger partial charge >= 0.3 is 0 Å². The van der Waals surface area contributed by atoms with Gasteiger partial charge in [0.25, 0.3) is 0 Å². The van der Waals surface area contributed by atoms with E-state index in [0.717, 1.165) is 19.5 Å². The molecule has 0 aliphatic carbocycles. The quantitative estimate of drug-likeness (QED) is 0.519. The third kappa shape index (κ3) is 4.16. The number of nitrogens with two attached hydrogens (primary N) is 2. The molecule has 5 N–H and O–H groups in total. The van der Waals surface area contributed by atoms with Crippen molar-refractivity contribution in [3.8, 4) is 0 Å². The Bertz CT molecular complexity index is 254. The van der Waals surface area contributed by atoms with Crippen LogP contribution in [0.2, 0.25) is 0 Å². The van der Waals surface area contributed by atoms with E-state index in [4.69, 9.17) is 11.5 Å². The molecule has 0 radical (unpaired) electrons. The van der Waals surface area contributed by atoms with E-state index in [0.29, 0.717) is 5.92 Å². The van der Waals surface area contributed by atoms with Crippen LogP contribution in [0.3, 0.4) is 0 Å². The van der Waals surface area contributed by atoms with Crippen molar-refractivity contribution in [3.05, 3.63) is 0 Å². The lowest BCUT2D eigenvalue weighted by Crippen LogP contribution is -2.53. The van der Waals surface area contributed by atoms with E-state index in [1.807, 2.05) is 0 Å². The number of primary amides is 2. The van der Waals surface area contributed by atoms with Gasteiger partial charge in [-0.3, -0.25) is 14.5 Å². The molecular formula is C10H20N4O2. The minimum Gasteiger partial charge on any atom is -0.369 e. The van der Waals surface area contributed by atoms with E-state index < -0.39 is 11.8 Å². The smallest absolute Gasteiger partial charge is 0.231 e. The highest BCUT2D eigenvalue weighted by molar-refractivity contribution is 5.79. The molecule has 1 fully saturated rings. The molecule has 2 amide bonds. The molecule has 6 nitrogen and oxygen atoms in total. The van der Waals surface area contributed by atoms with E-state index in [2.05, 4.69) is 12.2 Å². The predicted molar refractivity (Wildman–Crippen MR) is 60.4 cm³/mol.